The van der Waals surface area contributed by atoms with E-state index < -0.39 is 0 Å². The summed E-state index contributed by atoms with van der Waals surface area (Å²) in [5.74, 6) is 0.113. The Morgan fingerprint density at radius 3 is 2.50 bits per heavy atom. The van der Waals surface area contributed by atoms with Gasteiger partial charge in [0.05, 0.1) is 0 Å². The van der Waals surface area contributed by atoms with Crippen molar-refractivity contribution in [2.45, 2.75) is 18.9 Å². The Kier molecular flexibility index (Phi) is 3.76. The van der Waals surface area contributed by atoms with Gasteiger partial charge in [-0.1, -0.05) is 28.1 Å². The summed E-state index contributed by atoms with van der Waals surface area (Å²) in [5, 5.41) is 2.23. The van der Waals surface area contributed by atoms with Crippen LogP contribution in [0.1, 0.15) is 23.2 Å². The van der Waals surface area contributed by atoms with Gasteiger partial charge >= 0.3 is 0 Å². The van der Waals surface area contributed by atoms with Crippen LogP contribution in [0.4, 0.5) is 0 Å². The molecule has 1 saturated heterocycles. The van der Waals surface area contributed by atoms with Crippen molar-refractivity contribution >= 4 is 32.6 Å². The molecule has 1 fully saturated rings. The van der Waals surface area contributed by atoms with Crippen LogP contribution >= 0.6 is 15.9 Å². The van der Waals surface area contributed by atoms with Gasteiger partial charge in [-0.2, -0.15) is 0 Å². The highest BCUT2D eigenvalue weighted by Crippen LogP contribution is 2.22. The number of carbonyl (C=O) groups excluding carboxylic acids is 1. The molecular formula is C16H17BrN2O. The Balaban J connectivity index is 1.86. The Morgan fingerprint density at radius 2 is 1.75 bits per heavy atom. The first-order valence-electron chi connectivity index (χ1n) is 6.88. The smallest absolute Gasteiger partial charge is 0.253 e. The molecule has 1 heterocycles. The molecule has 3 rings (SSSR count). The van der Waals surface area contributed by atoms with Crippen LogP contribution < -0.4 is 5.73 Å². The summed E-state index contributed by atoms with van der Waals surface area (Å²) in [6.45, 7) is 1.52. The molecule has 2 aromatic rings. The molecule has 3 nitrogen and oxygen atoms in total. The number of nitrogens with zero attached hydrogens (tertiary/aromatic N) is 1. The molecule has 4 heteroatoms. The molecular weight excluding hydrogens is 316 g/mol. The third-order valence-corrected chi connectivity index (χ3v) is 4.37. The van der Waals surface area contributed by atoms with Gasteiger partial charge in [-0.15, -0.1) is 0 Å². The molecule has 1 aliphatic rings. The molecule has 0 spiro atoms. The maximum atomic E-state index is 12.5. The zero-order valence-electron chi connectivity index (χ0n) is 11.2. The molecule has 104 valence electrons. The first kappa shape index (κ1) is 13.6. The lowest BCUT2D eigenvalue weighted by Crippen LogP contribution is -2.42. The molecule has 0 aromatic heterocycles. The van der Waals surface area contributed by atoms with Crippen LogP contribution in [0, 0.1) is 0 Å². The Morgan fingerprint density at radius 1 is 1.10 bits per heavy atom. The summed E-state index contributed by atoms with van der Waals surface area (Å²) < 4.78 is 1.05. The molecule has 0 bridgehead atoms. The van der Waals surface area contributed by atoms with Crippen LogP contribution in [0.25, 0.3) is 10.8 Å². The Labute approximate surface area is 126 Å². The highest BCUT2D eigenvalue weighted by atomic mass is 79.9. The average molecular weight is 333 g/mol. The van der Waals surface area contributed by atoms with Gasteiger partial charge in [0.25, 0.3) is 5.91 Å². The van der Waals surface area contributed by atoms with E-state index >= 15 is 0 Å². The summed E-state index contributed by atoms with van der Waals surface area (Å²) in [5.41, 5.74) is 6.64. The van der Waals surface area contributed by atoms with E-state index in [0.717, 1.165) is 46.7 Å². The van der Waals surface area contributed by atoms with Crippen LogP contribution in [0.5, 0.6) is 0 Å². The second-order valence-corrected chi connectivity index (χ2v) is 6.25. The quantitative estimate of drug-likeness (QED) is 0.871. The SMILES string of the molecule is NC1CCN(C(=O)c2ccc3cc(Br)ccc3c2)CC1. The minimum Gasteiger partial charge on any atom is -0.339 e. The molecule has 0 atom stereocenters. The van der Waals surface area contributed by atoms with Crippen molar-refractivity contribution in [2.75, 3.05) is 13.1 Å². The first-order chi connectivity index (χ1) is 9.63. The van der Waals surface area contributed by atoms with Gasteiger partial charge in [-0.25, -0.2) is 0 Å². The van der Waals surface area contributed by atoms with Crippen LogP contribution in [0.2, 0.25) is 0 Å². The molecule has 0 unspecified atom stereocenters. The van der Waals surface area contributed by atoms with Crippen LogP contribution in [0.15, 0.2) is 40.9 Å². The van der Waals surface area contributed by atoms with Gasteiger partial charge < -0.3 is 10.6 Å². The zero-order chi connectivity index (χ0) is 14.1. The van der Waals surface area contributed by atoms with Crippen molar-refractivity contribution in [3.05, 3.63) is 46.4 Å². The van der Waals surface area contributed by atoms with E-state index in [4.69, 9.17) is 5.73 Å². The number of nitrogens with two attached hydrogens (primary N) is 1. The standard InChI is InChI=1S/C16H17BrN2O/c17-14-4-3-11-9-13(2-1-12(11)10-14)16(20)19-7-5-15(18)6-8-19/h1-4,9-10,15H,5-8,18H2. The maximum absolute atomic E-state index is 12.5. The number of piperidine rings is 1. The van der Waals surface area contributed by atoms with E-state index in [1.165, 1.54) is 0 Å². The van der Waals surface area contributed by atoms with Gasteiger partial charge in [-0.3, -0.25) is 4.79 Å². The Hall–Kier alpha value is -1.39. The summed E-state index contributed by atoms with van der Waals surface area (Å²) in [4.78, 5) is 14.4. The van der Waals surface area contributed by atoms with Crippen LogP contribution in [-0.4, -0.2) is 29.9 Å². The van der Waals surface area contributed by atoms with Crippen molar-refractivity contribution in [1.29, 1.82) is 0 Å². The van der Waals surface area contributed by atoms with Gasteiger partial charge in [0.15, 0.2) is 0 Å². The third kappa shape index (κ3) is 2.72. The number of likely N-dealkylation sites (tertiary alicyclic amines) is 1. The monoisotopic (exact) mass is 332 g/mol. The van der Waals surface area contributed by atoms with E-state index in [9.17, 15) is 4.79 Å². The highest BCUT2D eigenvalue weighted by Gasteiger charge is 2.21. The minimum absolute atomic E-state index is 0.113. The number of hydrogen-bond donors (Lipinski definition) is 1. The van der Waals surface area contributed by atoms with Crippen molar-refractivity contribution in [3.63, 3.8) is 0 Å². The number of hydrogen-bond acceptors (Lipinski definition) is 2. The predicted octanol–water partition coefficient (Wildman–Crippen LogP) is 3.17. The molecule has 20 heavy (non-hydrogen) atoms. The van der Waals surface area contributed by atoms with E-state index in [2.05, 4.69) is 22.0 Å². The predicted molar refractivity (Wildman–Crippen MR) is 84.8 cm³/mol. The van der Waals surface area contributed by atoms with Crippen LogP contribution in [-0.2, 0) is 0 Å². The average Bonchev–Trinajstić information content (AvgIpc) is 2.47. The normalized spacial score (nSPS) is 16.6. The summed E-state index contributed by atoms with van der Waals surface area (Å²) in [6.07, 6.45) is 1.79. The Bertz CT molecular complexity index is 648. The molecule has 2 N–H and O–H groups in total. The largest absolute Gasteiger partial charge is 0.339 e. The lowest BCUT2D eigenvalue weighted by Gasteiger charge is -2.30. The number of amides is 1. The summed E-state index contributed by atoms with van der Waals surface area (Å²) in [6, 6.07) is 12.2. The van der Waals surface area contributed by atoms with Crippen LogP contribution in [0.3, 0.4) is 0 Å². The van der Waals surface area contributed by atoms with Gasteiger partial charge in [-0.05, 0) is 47.9 Å². The highest BCUT2D eigenvalue weighted by molar-refractivity contribution is 9.10. The third-order valence-electron chi connectivity index (χ3n) is 3.88. The van der Waals surface area contributed by atoms with Crippen molar-refractivity contribution < 1.29 is 4.79 Å². The molecule has 0 radical (unpaired) electrons. The van der Waals surface area contributed by atoms with E-state index in [1.807, 2.05) is 35.2 Å². The minimum atomic E-state index is 0.113. The molecule has 0 saturated carbocycles. The topological polar surface area (TPSA) is 46.3 Å². The number of carbonyl (C=O) groups is 1. The van der Waals surface area contributed by atoms with Crippen molar-refractivity contribution in [1.82, 2.24) is 4.90 Å². The molecule has 2 aromatic carbocycles. The fourth-order valence-corrected chi connectivity index (χ4v) is 3.01. The van der Waals surface area contributed by atoms with Crippen molar-refractivity contribution in [3.8, 4) is 0 Å². The molecule has 1 amide bonds. The van der Waals surface area contributed by atoms with E-state index in [0.29, 0.717) is 0 Å². The fraction of sp³-hybridized carbons (Fsp3) is 0.312. The van der Waals surface area contributed by atoms with Gasteiger partial charge in [0.2, 0.25) is 0 Å². The summed E-state index contributed by atoms with van der Waals surface area (Å²) >= 11 is 3.46. The van der Waals surface area contributed by atoms with E-state index in [-0.39, 0.29) is 11.9 Å². The molecule has 1 aliphatic heterocycles. The zero-order valence-corrected chi connectivity index (χ0v) is 12.8. The number of fused-ring (bicyclic) bond motifs is 1. The van der Waals surface area contributed by atoms with Gasteiger partial charge in [0.1, 0.15) is 0 Å². The maximum Gasteiger partial charge on any atom is 0.253 e. The number of benzene rings is 2. The first-order valence-corrected chi connectivity index (χ1v) is 7.67. The molecule has 0 aliphatic carbocycles. The fourth-order valence-electron chi connectivity index (χ4n) is 2.63. The van der Waals surface area contributed by atoms with Gasteiger partial charge in [0, 0.05) is 29.2 Å². The van der Waals surface area contributed by atoms with E-state index in [1.54, 1.807) is 0 Å². The lowest BCUT2D eigenvalue weighted by molar-refractivity contribution is 0.0715. The second-order valence-electron chi connectivity index (χ2n) is 5.34. The number of rotatable bonds is 1. The number of halogens is 1. The second kappa shape index (κ2) is 5.54. The lowest BCUT2D eigenvalue weighted by atomic mass is 10.0. The van der Waals surface area contributed by atoms with Crippen molar-refractivity contribution in [2.24, 2.45) is 5.73 Å². The summed E-state index contributed by atoms with van der Waals surface area (Å²) in [7, 11) is 0.